The van der Waals surface area contributed by atoms with Crippen LogP contribution in [0.4, 0.5) is 5.69 Å². The van der Waals surface area contributed by atoms with E-state index in [-0.39, 0.29) is 0 Å². The zero-order valence-corrected chi connectivity index (χ0v) is 17.4. The lowest BCUT2D eigenvalue weighted by atomic mass is 10.1. The molecule has 1 aliphatic heterocycles. The molecule has 0 amide bonds. The highest BCUT2D eigenvalue weighted by molar-refractivity contribution is 5.90. The van der Waals surface area contributed by atoms with Crippen LogP contribution >= 0.6 is 0 Å². The number of hydrogen-bond donors (Lipinski definition) is 2. The first-order chi connectivity index (χ1) is 15.3. The molecule has 1 aliphatic rings. The van der Waals surface area contributed by atoms with Gasteiger partial charge in [0.2, 0.25) is 0 Å². The quantitative estimate of drug-likeness (QED) is 0.482. The third-order valence-electron chi connectivity index (χ3n) is 5.61. The van der Waals surface area contributed by atoms with Gasteiger partial charge in [0, 0.05) is 50.0 Å². The standard InChI is InChI=1S/C24H26N6O/c1-2-5-18(6-3-1)16-25-20-8-4-7-19(15-20)23-21-17-26-22(27-24(21)29-28-23)9-10-30-11-13-31-14-12-30/h1-8,15,17,25H,9-14,16H2,(H,26,27,28,29). The molecule has 1 saturated heterocycles. The third-order valence-corrected chi connectivity index (χ3v) is 5.61. The molecule has 0 radical (unpaired) electrons. The minimum absolute atomic E-state index is 0.713. The zero-order chi connectivity index (χ0) is 20.9. The lowest BCUT2D eigenvalue weighted by Crippen LogP contribution is -2.37. The van der Waals surface area contributed by atoms with Gasteiger partial charge in [-0.3, -0.25) is 10.00 Å². The minimum atomic E-state index is 0.713. The van der Waals surface area contributed by atoms with Gasteiger partial charge in [-0.25, -0.2) is 9.97 Å². The molecule has 3 heterocycles. The van der Waals surface area contributed by atoms with Crippen LogP contribution in [0.15, 0.2) is 60.8 Å². The Kier molecular flexibility index (Phi) is 5.86. The number of fused-ring (bicyclic) bond motifs is 1. The van der Waals surface area contributed by atoms with Gasteiger partial charge in [-0.05, 0) is 17.7 Å². The molecule has 2 aromatic carbocycles. The van der Waals surface area contributed by atoms with Crippen molar-refractivity contribution < 1.29 is 4.74 Å². The molecule has 0 aliphatic carbocycles. The molecule has 0 atom stereocenters. The van der Waals surface area contributed by atoms with Crippen molar-refractivity contribution in [2.45, 2.75) is 13.0 Å². The number of H-pyrrole nitrogens is 1. The summed E-state index contributed by atoms with van der Waals surface area (Å²) in [6.07, 6.45) is 2.71. The number of nitrogens with one attached hydrogen (secondary N) is 2. The van der Waals surface area contributed by atoms with E-state index < -0.39 is 0 Å². The van der Waals surface area contributed by atoms with E-state index in [1.807, 2.05) is 18.3 Å². The van der Waals surface area contributed by atoms with Gasteiger partial charge in [-0.1, -0.05) is 42.5 Å². The predicted molar refractivity (Wildman–Crippen MR) is 122 cm³/mol. The molecule has 2 aromatic heterocycles. The van der Waals surface area contributed by atoms with E-state index in [4.69, 9.17) is 4.74 Å². The fourth-order valence-corrected chi connectivity index (χ4v) is 3.85. The number of benzene rings is 2. The van der Waals surface area contributed by atoms with Gasteiger partial charge < -0.3 is 10.1 Å². The molecule has 158 valence electrons. The average molecular weight is 415 g/mol. The highest BCUT2D eigenvalue weighted by atomic mass is 16.5. The van der Waals surface area contributed by atoms with Crippen molar-refractivity contribution in [3.63, 3.8) is 0 Å². The second-order valence-electron chi connectivity index (χ2n) is 7.75. The van der Waals surface area contributed by atoms with Gasteiger partial charge in [0.25, 0.3) is 0 Å². The summed E-state index contributed by atoms with van der Waals surface area (Å²) >= 11 is 0. The van der Waals surface area contributed by atoms with Crippen LogP contribution in [0.2, 0.25) is 0 Å². The molecule has 5 rings (SSSR count). The summed E-state index contributed by atoms with van der Waals surface area (Å²) in [5.74, 6) is 0.829. The van der Waals surface area contributed by atoms with E-state index in [0.29, 0.717) is 5.65 Å². The van der Waals surface area contributed by atoms with Crippen molar-refractivity contribution in [2.24, 2.45) is 0 Å². The Morgan fingerprint density at radius 3 is 2.77 bits per heavy atom. The maximum atomic E-state index is 5.41. The van der Waals surface area contributed by atoms with E-state index in [9.17, 15) is 0 Å². The summed E-state index contributed by atoms with van der Waals surface area (Å²) in [5.41, 5.74) is 5.03. The van der Waals surface area contributed by atoms with Crippen LogP contribution in [0.25, 0.3) is 22.3 Å². The Labute approximate surface area is 181 Å². The number of aromatic nitrogens is 4. The second kappa shape index (κ2) is 9.24. The molecule has 2 N–H and O–H groups in total. The van der Waals surface area contributed by atoms with Crippen molar-refractivity contribution in [3.8, 4) is 11.3 Å². The first kappa shape index (κ1) is 19.7. The number of hydrogen-bond acceptors (Lipinski definition) is 6. The Morgan fingerprint density at radius 1 is 1.03 bits per heavy atom. The Bertz CT molecular complexity index is 1140. The molecule has 0 bridgehead atoms. The van der Waals surface area contributed by atoms with Gasteiger partial charge in [0.15, 0.2) is 5.65 Å². The number of ether oxygens (including phenoxy) is 1. The molecule has 1 fully saturated rings. The van der Waals surface area contributed by atoms with E-state index in [1.54, 1.807) is 0 Å². The second-order valence-corrected chi connectivity index (χ2v) is 7.75. The monoisotopic (exact) mass is 414 g/mol. The maximum absolute atomic E-state index is 5.41. The molecule has 7 heteroatoms. The van der Waals surface area contributed by atoms with Gasteiger partial charge in [-0.15, -0.1) is 0 Å². The van der Waals surface area contributed by atoms with Crippen LogP contribution in [0, 0.1) is 0 Å². The molecule has 7 nitrogen and oxygen atoms in total. The van der Waals surface area contributed by atoms with Crippen molar-refractivity contribution in [2.75, 3.05) is 38.2 Å². The number of morpholine rings is 1. The van der Waals surface area contributed by atoms with Crippen LogP contribution in [0.1, 0.15) is 11.4 Å². The Hall–Kier alpha value is -3.29. The van der Waals surface area contributed by atoms with Crippen molar-refractivity contribution in [3.05, 3.63) is 72.2 Å². The van der Waals surface area contributed by atoms with Gasteiger partial charge >= 0.3 is 0 Å². The predicted octanol–water partition coefficient (Wildman–Crippen LogP) is 3.51. The normalized spacial score (nSPS) is 14.7. The van der Waals surface area contributed by atoms with Gasteiger partial charge in [0.1, 0.15) is 5.82 Å². The SMILES string of the molecule is c1ccc(CNc2cccc(-c3[nH]nc4nc(CCN5CCOCC5)ncc34)c2)cc1. The molecular formula is C24H26N6O. The van der Waals surface area contributed by atoms with Crippen LogP contribution in [0.3, 0.4) is 0 Å². The molecular weight excluding hydrogens is 388 g/mol. The van der Waals surface area contributed by atoms with Crippen LogP contribution < -0.4 is 5.32 Å². The highest BCUT2D eigenvalue weighted by Crippen LogP contribution is 2.27. The van der Waals surface area contributed by atoms with Crippen LogP contribution in [-0.2, 0) is 17.7 Å². The third kappa shape index (κ3) is 4.73. The smallest absolute Gasteiger partial charge is 0.184 e. The molecule has 0 saturated carbocycles. The van der Waals surface area contributed by atoms with E-state index in [0.717, 1.165) is 74.0 Å². The lowest BCUT2D eigenvalue weighted by Gasteiger charge is -2.26. The molecule has 0 unspecified atom stereocenters. The van der Waals surface area contributed by atoms with Crippen molar-refractivity contribution >= 4 is 16.7 Å². The van der Waals surface area contributed by atoms with Gasteiger partial charge in [0.05, 0.1) is 24.3 Å². The van der Waals surface area contributed by atoms with E-state index in [2.05, 4.69) is 72.8 Å². The summed E-state index contributed by atoms with van der Waals surface area (Å²) in [7, 11) is 0. The first-order valence-electron chi connectivity index (χ1n) is 10.7. The number of aromatic amines is 1. The number of rotatable bonds is 7. The molecule has 4 aromatic rings. The lowest BCUT2D eigenvalue weighted by molar-refractivity contribution is 0.0382. The number of anilines is 1. The fraction of sp³-hybridized carbons (Fsp3) is 0.292. The fourth-order valence-electron chi connectivity index (χ4n) is 3.85. The maximum Gasteiger partial charge on any atom is 0.184 e. The summed E-state index contributed by atoms with van der Waals surface area (Å²) in [5, 5.41) is 12.0. The summed E-state index contributed by atoms with van der Waals surface area (Å²) in [6.45, 7) is 5.29. The molecule has 0 spiro atoms. The van der Waals surface area contributed by atoms with Crippen LogP contribution in [0.5, 0.6) is 0 Å². The van der Waals surface area contributed by atoms with Crippen LogP contribution in [-0.4, -0.2) is 57.9 Å². The average Bonchev–Trinajstić information content (AvgIpc) is 3.26. The summed E-state index contributed by atoms with van der Waals surface area (Å²) < 4.78 is 5.41. The number of nitrogens with zero attached hydrogens (tertiary/aromatic N) is 4. The largest absolute Gasteiger partial charge is 0.381 e. The zero-order valence-electron chi connectivity index (χ0n) is 17.4. The molecule has 31 heavy (non-hydrogen) atoms. The van der Waals surface area contributed by atoms with Crippen molar-refractivity contribution in [1.82, 2.24) is 25.1 Å². The van der Waals surface area contributed by atoms with Crippen molar-refractivity contribution in [1.29, 1.82) is 0 Å². The topological polar surface area (TPSA) is 79.0 Å². The minimum Gasteiger partial charge on any atom is -0.381 e. The van der Waals surface area contributed by atoms with Gasteiger partial charge in [-0.2, -0.15) is 5.10 Å². The highest BCUT2D eigenvalue weighted by Gasteiger charge is 2.13. The summed E-state index contributed by atoms with van der Waals surface area (Å²) in [4.78, 5) is 11.7. The Balaban J connectivity index is 1.29. The first-order valence-corrected chi connectivity index (χ1v) is 10.7. The van der Waals surface area contributed by atoms with E-state index >= 15 is 0 Å². The summed E-state index contributed by atoms with van der Waals surface area (Å²) in [6, 6.07) is 18.7. The van der Waals surface area contributed by atoms with E-state index in [1.165, 1.54) is 5.56 Å². The Morgan fingerprint density at radius 2 is 1.90 bits per heavy atom.